The maximum absolute atomic E-state index is 12.7. The summed E-state index contributed by atoms with van der Waals surface area (Å²) >= 11 is 0. The highest BCUT2D eigenvalue weighted by atomic mass is 32.2. The van der Waals surface area contributed by atoms with Gasteiger partial charge in [-0.1, -0.05) is 30.3 Å². The minimum absolute atomic E-state index is 0.103. The van der Waals surface area contributed by atoms with Gasteiger partial charge in [0.25, 0.3) is 5.91 Å². The molecule has 0 saturated carbocycles. The second-order valence-electron chi connectivity index (χ2n) is 6.85. The SMILES string of the molecule is COc1ccccc1C(=O)NC(CCS(C)(=O)=O)C(=O)NCc1ccccc1OC(F)F. The minimum Gasteiger partial charge on any atom is -0.496 e. The van der Waals surface area contributed by atoms with Crippen LogP contribution in [0.3, 0.4) is 0 Å². The number of rotatable bonds is 11. The van der Waals surface area contributed by atoms with Crippen LogP contribution in [0.1, 0.15) is 22.3 Å². The van der Waals surface area contributed by atoms with Crippen molar-refractivity contribution in [2.75, 3.05) is 19.1 Å². The van der Waals surface area contributed by atoms with E-state index in [9.17, 15) is 26.8 Å². The summed E-state index contributed by atoms with van der Waals surface area (Å²) in [6, 6.07) is 11.1. The molecule has 174 valence electrons. The maximum Gasteiger partial charge on any atom is 0.387 e. The van der Waals surface area contributed by atoms with Crippen molar-refractivity contribution in [3.8, 4) is 11.5 Å². The van der Waals surface area contributed by atoms with Crippen LogP contribution in [0, 0.1) is 0 Å². The molecule has 8 nitrogen and oxygen atoms in total. The van der Waals surface area contributed by atoms with Crippen molar-refractivity contribution in [3.63, 3.8) is 0 Å². The lowest BCUT2D eigenvalue weighted by atomic mass is 10.1. The number of carbonyl (C=O) groups is 2. The monoisotopic (exact) mass is 470 g/mol. The molecule has 0 bridgehead atoms. The van der Waals surface area contributed by atoms with E-state index in [0.29, 0.717) is 5.56 Å². The molecule has 0 fully saturated rings. The number of amides is 2. The molecule has 1 atom stereocenters. The third-order valence-electron chi connectivity index (χ3n) is 4.39. The van der Waals surface area contributed by atoms with Crippen molar-refractivity contribution in [2.24, 2.45) is 0 Å². The standard InChI is InChI=1S/C21H24F2N2O6S/c1-30-18-10-6-4-8-15(18)19(26)25-16(11-12-32(2,28)29)20(27)24-13-14-7-3-5-9-17(14)31-21(22)23/h3-10,16,21H,11-13H2,1-2H3,(H,24,27)(H,25,26). The van der Waals surface area contributed by atoms with E-state index in [2.05, 4.69) is 15.4 Å². The Bertz CT molecular complexity index is 1050. The largest absolute Gasteiger partial charge is 0.496 e. The molecule has 0 heterocycles. The van der Waals surface area contributed by atoms with E-state index < -0.39 is 34.3 Å². The van der Waals surface area contributed by atoms with Gasteiger partial charge in [0.2, 0.25) is 5.91 Å². The molecule has 0 aliphatic heterocycles. The van der Waals surface area contributed by atoms with Crippen LogP contribution < -0.4 is 20.1 Å². The van der Waals surface area contributed by atoms with Crippen molar-refractivity contribution in [1.29, 1.82) is 0 Å². The van der Waals surface area contributed by atoms with Crippen molar-refractivity contribution >= 4 is 21.7 Å². The van der Waals surface area contributed by atoms with Crippen LogP contribution in [0.2, 0.25) is 0 Å². The summed E-state index contributed by atoms with van der Waals surface area (Å²) in [5.41, 5.74) is 0.460. The molecule has 2 N–H and O–H groups in total. The number of sulfone groups is 1. The predicted molar refractivity (Wildman–Crippen MR) is 113 cm³/mol. The zero-order chi connectivity index (χ0) is 23.7. The van der Waals surface area contributed by atoms with Gasteiger partial charge < -0.3 is 20.1 Å². The van der Waals surface area contributed by atoms with Gasteiger partial charge in [-0.25, -0.2) is 8.42 Å². The Morgan fingerprint density at radius 1 is 1.03 bits per heavy atom. The molecule has 0 aliphatic carbocycles. The van der Waals surface area contributed by atoms with Gasteiger partial charge in [-0.2, -0.15) is 8.78 Å². The van der Waals surface area contributed by atoms with Gasteiger partial charge in [-0.3, -0.25) is 9.59 Å². The van der Waals surface area contributed by atoms with Crippen molar-refractivity contribution < 1.29 is 36.3 Å². The highest BCUT2D eigenvalue weighted by molar-refractivity contribution is 7.90. The van der Waals surface area contributed by atoms with E-state index in [0.717, 1.165) is 6.26 Å². The first-order valence-electron chi connectivity index (χ1n) is 9.52. The average molecular weight is 470 g/mol. The molecule has 0 aromatic heterocycles. The molecule has 2 aromatic rings. The van der Waals surface area contributed by atoms with Crippen LogP contribution >= 0.6 is 0 Å². The Labute approximate surface area is 184 Å². The summed E-state index contributed by atoms with van der Waals surface area (Å²) in [4.78, 5) is 25.4. The first-order chi connectivity index (χ1) is 15.1. The van der Waals surface area contributed by atoms with Crippen LogP contribution in [-0.2, 0) is 21.2 Å². The van der Waals surface area contributed by atoms with Gasteiger partial charge in [-0.05, 0) is 24.6 Å². The lowest BCUT2D eigenvalue weighted by molar-refractivity contribution is -0.123. The highest BCUT2D eigenvalue weighted by Crippen LogP contribution is 2.20. The van der Waals surface area contributed by atoms with Crippen molar-refractivity contribution in [1.82, 2.24) is 10.6 Å². The number of benzene rings is 2. The van der Waals surface area contributed by atoms with E-state index in [1.54, 1.807) is 24.3 Å². The summed E-state index contributed by atoms with van der Waals surface area (Å²) < 4.78 is 57.9. The third-order valence-corrected chi connectivity index (χ3v) is 5.37. The second-order valence-corrected chi connectivity index (χ2v) is 9.11. The summed E-state index contributed by atoms with van der Waals surface area (Å²) in [5.74, 6) is -1.47. The van der Waals surface area contributed by atoms with Gasteiger partial charge in [0, 0.05) is 18.4 Å². The molecule has 2 rings (SSSR count). The zero-order valence-electron chi connectivity index (χ0n) is 17.5. The van der Waals surface area contributed by atoms with E-state index >= 15 is 0 Å². The number of halogens is 2. The van der Waals surface area contributed by atoms with Crippen LogP contribution in [0.25, 0.3) is 0 Å². The molecule has 32 heavy (non-hydrogen) atoms. The smallest absolute Gasteiger partial charge is 0.387 e. The number of para-hydroxylation sites is 2. The van der Waals surface area contributed by atoms with Crippen LogP contribution in [0.15, 0.2) is 48.5 Å². The first kappa shape index (κ1) is 25.1. The van der Waals surface area contributed by atoms with E-state index in [1.165, 1.54) is 31.4 Å². The number of hydrogen-bond donors (Lipinski definition) is 2. The number of carbonyl (C=O) groups excluding carboxylic acids is 2. The van der Waals surface area contributed by atoms with Gasteiger partial charge in [-0.15, -0.1) is 0 Å². The summed E-state index contributed by atoms with van der Waals surface area (Å²) in [6.45, 7) is -3.20. The summed E-state index contributed by atoms with van der Waals surface area (Å²) in [6.07, 6.45) is 0.836. The predicted octanol–water partition coefficient (Wildman–Crippen LogP) is 2.15. The number of ether oxygens (including phenoxy) is 2. The molecule has 0 aliphatic rings. The van der Waals surface area contributed by atoms with Crippen LogP contribution in [-0.4, -0.2) is 52.0 Å². The fourth-order valence-corrected chi connectivity index (χ4v) is 3.50. The summed E-state index contributed by atoms with van der Waals surface area (Å²) in [5, 5.41) is 5.05. The minimum atomic E-state index is -3.41. The van der Waals surface area contributed by atoms with Gasteiger partial charge in [0.1, 0.15) is 27.4 Å². The number of alkyl halides is 2. The molecule has 11 heteroatoms. The Morgan fingerprint density at radius 3 is 2.28 bits per heavy atom. The fraction of sp³-hybridized carbons (Fsp3) is 0.333. The Balaban J connectivity index is 2.15. The normalized spacial score (nSPS) is 12.2. The number of nitrogens with one attached hydrogen (secondary N) is 2. The molecular formula is C21H24F2N2O6S. The highest BCUT2D eigenvalue weighted by Gasteiger charge is 2.24. The lowest BCUT2D eigenvalue weighted by Gasteiger charge is -2.19. The van der Waals surface area contributed by atoms with Crippen molar-refractivity contribution in [3.05, 3.63) is 59.7 Å². The van der Waals surface area contributed by atoms with Crippen LogP contribution in [0.4, 0.5) is 8.78 Å². The number of hydrogen-bond acceptors (Lipinski definition) is 6. The fourth-order valence-electron chi connectivity index (χ4n) is 2.84. The third kappa shape index (κ3) is 7.80. The topological polar surface area (TPSA) is 111 Å². The van der Waals surface area contributed by atoms with E-state index in [4.69, 9.17) is 4.74 Å². The number of methoxy groups -OCH3 is 1. The molecule has 0 saturated heterocycles. The van der Waals surface area contributed by atoms with Crippen LogP contribution in [0.5, 0.6) is 11.5 Å². The van der Waals surface area contributed by atoms with Gasteiger partial charge in [0.05, 0.1) is 18.4 Å². The zero-order valence-corrected chi connectivity index (χ0v) is 18.3. The maximum atomic E-state index is 12.7. The van der Waals surface area contributed by atoms with E-state index in [-0.39, 0.29) is 35.8 Å². The quantitative estimate of drug-likeness (QED) is 0.521. The lowest BCUT2D eigenvalue weighted by Crippen LogP contribution is -2.47. The molecule has 2 amide bonds. The second kappa shape index (κ2) is 11.4. The molecule has 1 unspecified atom stereocenters. The van der Waals surface area contributed by atoms with E-state index in [1.807, 2.05) is 0 Å². The van der Waals surface area contributed by atoms with Crippen molar-refractivity contribution in [2.45, 2.75) is 25.6 Å². The Kier molecular flexibility index (Phi) is 8.94. The molecule has 0 spiro atoms. The molecule has 0 radical (unpaired) electrons. The average Bonchev–Trinajstić information content (AvgIpc) is 2.74. The summed E-state index contributed by atoms with van der Waals surface area (Å²) in [7, 11) is -2.02. The first-order valence-corrected chi connectivity index (χ1v) is 11.6. The Hall–Kier alpha value is -3.21. The molecule has 2 aromatic carbocycles. The van der Waals surface area contributed by atoms with Gasteiger partial charge in [0.15, 0.2) is 0 Å². The molecular weight excluding hydrogens is 446 g/mol. The van der Waals surface area contributed by atoms with Gasteiger partial charge >= 0.3 is 6.61 Å². The Morgan fingerprint density at radius 2 is 1.66 bits per heavy atom.